The Morgan fingerprint density at radius 2 is 2.29 bits per heavy atom. The summed E-state index contributed by atoms with van der Waals surface area (Å²) in [5.41, 5.74) is 1.09. The van der Waals surface area contributed by atoms with Crippen molar-refractivity contribution in [3.8, 4) is 0 Å². The van der Waals surface area contributed by atoms with E-state index in [0.717, 1.165) is 10.0 Å². The molecule has 0 radical (unpaired) electrons. The Balaban J connectivity index is 2.26. The highest BCUT2D eigenvalue weighted by molar-refractivity contribution is 9.10. The molecule has 0 saturated carbocycles. The summed E-state index contributed by atoms with van der Waals surface area (Å²) in [6.07, 6.45) is 0.387. The number of carbonyl (C=O) groups excluding carboxylic acids is 1. The summed E-state index contributed by atoms with van der Waals surface area (Å²) in [5, 5.41) is 3.85. The van der Waals surface area contributed by atoms with Gasteiger partial charge in [-0.05, 0) is 40.5 Å². The summed E-state index contributed by atoms with van der Waals surface area (Å²) in [5.74, 6) is -0.172. The van der Waals surface area contributed by atoms with Crippen molar-refractivity contribution in [3.05, 3.63) is 33.3 Å². The predicted molar refractivity (Wildman–Crippen MR) is 72.1 cm³/mol. The number of esters is 1. The second-order valence-electron chi connectivity index (χ2n) is 3.48. The minimum Gasteiger partial charge on any atom is -0.466 e. The molecule has 0 spiro atoms. The van der Waals surface area contributed by atoms with E-state index in [4.69, 9.17) is 16.3 Å². The van der Waals surface area contributed by atoms with E-state index in [2.05, 4.69) is 21.2 Å². The maximum atomic E-state index is 11.1. The van der Waals surface area contributed by atoms with Gasteiger partial charge in [0.15, 0.2) is 0 Å². The van der Waals surface area contributed by atoms with Crippen molar-refractivity contribution in [2.24, 2.45) is 0 Å². The zero-order chi connectivity index (χ0) is 12.7. The molecule has 94 valence electrons. The van der Waals surface area contributed by atoms with E-state index in [-0.39, 0.29) is 5.97 Å². The first-order chi connectivity index (χ1) is 8.13. The highest BCUT2D eigenvalue weighted by atomic mass is 79.9. The standard InChI is InChI=1S/C12H15BrClNO2/c1-2-17-12(16)5-6-15-8-9-3-4-10(13)11(14)7-9/h3-4,7,15H,2,5-6,8H2,1H3. The Hall–Kier alpha value is -0.580. The summed E-state index contributed by atoms with van der Waals surface area (Å²) in [7, 11) is 0. The highest BCUT2D eigenvalue weighted by Crippen LogP contribution is 2.22. The molecule has 0 aliphatic carbocycles. The molecule has 0 heterocycles. The number of benzene rings is 1. The number of hydrogen-bond donors (Lipinski definition) is 1. The van der Waals surface area contributed by atoms with E-state index < -0.39 is 0 Å². The van der Waals surface area contributed by atoms with Crippen molar-refractivity contribution in [1.82, 2.24) is 5.32 Å². The summed E-state index contributed by atoms with van der Waals surface area (Å²) in [6.45, 7) is 3.52. The average molecular weight is 321 g/mol. The lowest BCUT2D eigenvalue weighted by Gasteiger charge is -2.06. The number of hydrogen-bond acceptors (Lipinski definition) is 3. The van der Waals surface area contributed by atoms with Crippen molar-refractivity contribution in [2.45, 2.75) is 19.9 Å². The van der Waals surface area contributed by atoms with Crippen molar-refractivity contribution in [3.63, 3.8) is 0 Å². The van der Waals surface area contributed by atoms with Crippen LogP contribution in [0, 0.1) is 0 Å². The molecule has 0 aliphatic heterocycles. The number of carbonyl (C=O) groups is 1. The van der Waals surface area contributed by atoms with Gasteiger partial charge >= 0.3 is 5.97 Å². The molecule has 0 aromatic heterocycles. The van der Waals surface area contributed by atoms with Crippen LogP contribution in [0.4, 0.5) is 0 Å². The molecule has 17 heavy (non-hydrogen) atoms. The second kappa shape index (κ2) is 7.69. The smallest absolute Gasteiger partial charge is 0.307 e. The topological polar surface area (TPSA) is 38.3 Å². The van der Waals surface area contributed by atoms with E-state index in [1.165, 1.54) is 0 Å². The summed E-state index contributed by atoms with van der Waals surface area (Å²) >= 11 is 9.30. The van der Waals surface area contributed by atoms with Crippen LogP contribution in [0.1, 0.15) is 18.9 Å². The largest absolute Gasteiger partial charge is 0.466 e. The number of nitrogens with one attached hydrogen (secondary N) is 1. The molecule has 1 aromatic rings. The van der Waals surface area contributed by atoms with Crippen molar-refractivity contribution in [1.29, 1.82) is 0 Å². The van der Waals surface area contributed by atoms with Crippen LogP contribution in [0.5, 0.6) is 0 Å². The summed E-state index contributed by atoms with van der Waals surface area (Å²) < 4.78 is 5.71. The lowest BCUT2D eigenvalue weighted by atomic mass is 10.2. The van der Waals surface area contributed by atoms with Crippen molar-refractivity contribution in [2.75, 3.05) is 13.2 Å². The zero-order valence-electron chi connectivity index (χ0n) is 9.63. The Bertz CT molecular complexity index is 385. The van der Waals surface area contributed by atoms with Gasteiger partial charge in [0, 0.05) is 17.6 Å². The van der Waals surface area contributed by atoms with E-state index in [1.54, 1.807) is 6.92 Å². The van der Waals surface area contributed by atoms with Gasteiger partial charge in [-0.25, -0.2) is 0 Å². The normalized spacial score (nSPS) is 10.3. The van der Waals surface area contributed by atoms with Gasteiger partial charge < -0.3 is 10.1 Å². The van der Waals surface area contributed by atoms with Gasteiger partial charge in [0.2, 0.25) is 0 Å². The Labute approximate surface area is 115 Å². The SMILES string of the molecule is CCOC(=O)CCNCc1ccc(Br)c(Cl)c1. The molecule has 0 fully saturated rings. The molecule has 0 saturated heterocycles. The first-order valence-corrected chi connectivity index (χ1v) is 6.61. The lowest BCUT2D eigenvalue weighted by molar-refractivity contribution is -0.142. The molecule has 3 nitrogen and oxygen atoms in total. The molecule has 0 unspecified atom stereocenters. The molecular weight excluding hydrogens is 305 g/mol. The second-order valence-corrected chi connectivity index (χ2v) is 4.74. The van der Waals surface area contributed by atoms with Crippen LogP contribution in [0.3, 0.4) is 0 Å². The van der Waals surface area contributed by atoms with Crippen LogP contribution < -0.4 is 5.32 Å². The van der Waals surface area contributed by atoms with Crippen molar-refractivity contribution >= 4 is 33.5 Å². The fourth-order valence-electron chi connectivity index (χ4n) is 1.31. The Morgan fingerprint density at radius 1 is 1.53 bits per heavy atom. The quantitative estimate of drug-likeness (QED) is 0.646. The van der Waals surface area contributed by atoms with Gasteiger partial charge in [-0.3, -0.25) is 4.79 Å². The van der Waals surface area contributed by atoms with Gasteiger partial charge in [0.1, 0.15) is 0 Å². The molecule has 0 bridgehead atoms. The van der Waals surface area contributed by atoms with Crippen LogP contribution in [0.25, 0.3) is 0 Å². The summed E-state index contributed by atoms with van der Waals surface area (Å²) in [4.78, 5) is 11.1. The molecule has 1 aromatic carbocycles. The predicted octanol–water partition coefficient (Wildman–Crippen LogP) is 3.15. The number of rotatable bonds is 6. The van der Waals surface area contributed by atoms with Crippen molar-refractivity contribution < 1.29 is 9.53 Å². The molecule has 1 rings (SSSR count). The fourth-order valence-corrected chi connectivity index (χ4v) is 1.76. The summed E-state index contributed by atoms with van der Waals surface area (Å²) in [6, 6.07) is 5.78. The van der Waals surface area contributed by atoms with E-state index in [9.17, 15) is 4.79 Å². The van der Waals surface area contributed by atoms with Crippen LogP contribution in [0.2, 0.25) is 5.02 Å². The third-order valence-corrected chi connectivity index (χ3v) is 3.36. The maximum Gasteiger partial charge on any atom is 0.307 e. The van der Waals surface area contributed by atoms with Crippen LogP contribution >= 0.6 is 27.5 Å². The molecule has 5 heteroatoms. The highest BCUT2D eigenvalue weighted by Gasteiger charge is 2.02. The van der Waals surface area contributed by atoms with Crippen LogP contribution in [-0.2, 0) is 16.1 Å². The average Bonchev–Trinajstić information content (AvgIpc) is 2.29. The van der Waals surface area contributed by atoms with Gasteiger partial charge in [-0.2, -0.15) is 0 Å². The van der Waals surface area contributed by atoms with Gasteiger partial charge in [0.05, 0.1) is 18.1 Å². The Kier molecular flexibility index (Phi) is 6.55. The first kappa shape index (κ1) is 14.5. The number of ether oxygens (including phenoxy) is 1. The fraction of sp³-hybridized carbons (Fsp3) is 0.417. The van der Waals surface area contributed by atoms with Gasteiger partial charge in [-0.15, -0.1) is 0 Å². The third kappa shape index (κ3) is 5.52. The van der Waals surface area contributed by atoms with Gasteiger partial charge in [-0.1, -0.05) is 17.7 Å². The van der Waals surface area contributed by atoms with Crippen LogP contribution in [-0.4, -0.2) is 19.1 Å². The first-order valence-electron chi connectivity index (χ1n) is 5.43. The van der Waals surface area contributed by atoms with Crippen LogP contribution in [0.15, 0.2) is 22.7 Å². The minimum atomic E-state index is -0.172. The zero-order valence-corrected chi connectivity index (χ0v) is 12.0. The minimum absolute atomic E-state index is 0.172. The lowest BCUT2D eigenvalue weighted by Crippen LogP contribution is -2.19. The number of halogens is 2. The maximum absolute atomic E-state index is 11.1. The monoisotopic (exact) mass is 319 g/mol. The molecule has 0 amide bonds. The molecule has 0 atom stereocenters. The third-order valence-electron chi connectivity index (χ3n) is 2.12. The molecule has 1 N–H and O–H groups in total. The van der Waals surface area contributed by atoms with E-state index >= 15 is 0 Å². The van der Waals surface area contributed by atoms with E-state index in [0.29, 0.717) is 31.1 Å². The molecular formula is C12H15BrClNO2. The van der Waals surface area contributed by atoms with E-state index in [1.807, 2.05) is 18.2 Å². The Morgan fingerprint density at radius 3 is 2.94 bits per heavy atom. The van der Waals surface area contributed by atoms with Gasteiger partial charge in [0.25, 0.3) is 0 Å². The molecule has 0 aliphatic rings.